The molecule has 0 aliphatic carbocycles. The zero-order chi connectivity index (χ0) is 10.1. The summed E-state index contributed by atoms with van der Waals surface area (Å²) in [7, 11) is 1.52. The maximum Gasteiger partial charge on any atom is 0.199 e. The van der Waals surface area contributed by atoms with Crippen LogP contribution in [0.5, 0.6) is 5.75 Å². The zero-order valence-corrected chi connectivity index (χ0v) is 9.78. The van der Waals surface area contributed by atoms with Gasteiger partial charge in [0.25, 0.3) is 0 Å². The van der Waals surface area contributed by atoms with Gasteiger partial charge in [0.2, 0.25) is 0 Å². The van der Waals surface area contributed by atoms with Gasteiger partial charge in [0.1, 0.15) is 12.4 Å². The number of Topliss-reactive ketones (excluding diaryl/α,β-unsaturated/α-hetero) is 1. The summed E-state index contributed by atoms with van der Waals surface area (Å²) in [6.07, 6.45) is -0.460. The van der Waals surface area contributed by atoms with Gasteiger partial charge in [0.05, 0.1) is 5.56 Å². The van der Waals surface area contributed by atoms with Crippen LogP contribution in [0.15, 0.2) is 18.2 Å². The van der Waals surface area contributed by atoms with Crippen molar-refractivity contribution in [2.75, 3.05) is 13.7 Å². The van der Waals surface area contributed by atoms with Crippen molar-refractivity contribution in [2.24, 2.45) is 0 Å². The number of carbonyl (C=O) groups is 1. The summed E-state index contributed by atoms with van der Waals surface area (Å²) < 4.78 is 11.4. The third kappa shape index (κ3) is 1.52. The number of carbonyl (C=O) groups excluding carboxylic acids is 1. The van der Waals surface area contributed by atoms with E-state index >= 15 is 0 Å². The average molecular weight is 304 g/mol. The fourth-order valence-electron chi connectivity index (χ4n) is 1.44. The van der Waals surface area contributed by atoms with Crippen LogP contribution < -0.4 is 4.74 Å². The van der Waals surface area contributed by atoms with Crippen molar-refractivity contribution < 1.29 is 14.3 Å². The van der Waals surface area contributed by atoms with Crippen LogP contribution in [0.1, 0.15) is 10.4 Å². The van der Waals surface area contributed by atoms with Gasteiger partial charge >= 0.3 is 0 Å². The molecule has 1 aromatic rings. The van der Waals surface area contributed by atoms with Gasteiger partial charge < -0.3 is 9.47 Å². The quantitative estimate of drug-likeness (QED) is 0.743. The Morgan fingerprint density at radius 2 is 2.36 bits per heavy atom. The molecule has 0 saturated carbocycles. The van der Waals surface area contributed by atoms with Gasteiger partial charge in [-0.05, 0) is 34.7 Å². The molecule has 4 heteroatoms. The van der Waals surface area contributed by atoms with E-state index in [4.69, 9.17) is 9.47 Å². The van der Waals surface area contributed by atoms with Crippen molar-refractivity contribution in [2.45, 2.75) is 6.10 Å². The summed E-state index contributed by atoms with van der Waals surface area (Å²) in [5.74, 6) is 0.675. The molecule has 0 N–H and O–H groups in total. The first-order valence-corrected chi connectivity index (χ1v) is 5.30. The Hall–Kier alpha value is -0.620. The molecule has 1 atom stereocenters. The third-order valence-electron chi connectivity index (χ3n) is 2.19. The van der Waals surface area contributed by atoms with Crippen molar-refractivity contribution >= 4 is 28.4 Å². The van der Waals surface area contributed by atoms with Gasteiger partial charge in [-0.25, -0.2) is 0 Å². The molecule has 0 bridgehead atoms. The molecular formula is C10H9IO3. The highest BCUT2D eigenvalue weighted by Crippen LogP contribution is 2.29. The van der Waals surface area contributed by atoms with E-state index in [9.17, 15) is 4.79 Å². The molecule has 0 saturated heterocycles. The Kier molecular flexibility index (Phi) is 2.73. The van der Waals surface area contributed by atoms with Gasteiger partial charge in [-0.15, -0.1) is 0 Å². The molecule has 0 aromatic heterocycles. The standard InChI is InChI=1S/C10H9IO3/c1-13-8-5-14-7-4-2-3-6(11)9(7)10(8)12/h2-4,8H,5H2,1H3. The monoisotopic (exact) mass is 304 g/mol. The SMILES string of the molecule is COC1COc2cccc(I)c2C1=O. The van der Waals surface area contributed by atoms with Crippen LogP contribution in [-0.2, 0) is 4.74 Å². The molecule has 0 radical (unpaired) electrons. The molecule has 1 heterocycles. The Morgan fingerprint density at radius 3 is 3.07 bits per heavy atom. The Labute approximate surface area is 95.5 Å². The van der Waals surface area contributed by atoms with Crippen LogP contribution in [0.2, 0.25) is 0 Å². The second-order valence-electron chi connectivity index (χ2n) is 3.01. The first kappa shape index (κ1) is 9.92. The van der Waals surface area contributed by atoms with Crippen LogP contribution in [0, 0.1) is 3.57 Å². The second kappa shape index (κ2) is 3.86. The fraction of sp³-hybridized carbons (Fsp3) is 0.300. The average Bonchev–Trinajstić information content (AvgIpc) is 2.18. The topological polar surface area (TPSA) is 35.5 Å². The molecule has 74 valence electrons. The van der Waals surface area contributed by atoms with E-state index < -0.39 is 6.10 Å². The number of ketones is 1. The van der Waals surface area contributed by atoms with Gasteiger partial charge in [-0.2, -0.15) is 0 Å². The fourth-order valence-corrected chi connectivity index (χ4v) is 2.18. The summed E-state index contributed by atoms with van der Waals surface area (Å²) in [5.41, 5.74) is 0.645. The minimum atomic E-state index is -0.460. The number of benzene rings is 1. The molecular weight excluding hydrogens is 295 g/mol. The number of rotatable bonds is 1. The van der Waals surface area contributed by atoms with E-state index in [0.29, 0.717) is 17.9 Å². The largest absolute Gasteiger partial charge is 0.490 e. The predicted octanol–water partition coefficient (Wildman–Crippen LogP) is 1.88. The van der Waals surface area contributed by atoms with Crippen molar-refractivity contribution in [3.63, 3.8) is 0 Å². The summed E-state index contributed by atoms with van der Waals surface area (Å²) in [4.78, 5) is 11.9. The summed E-state index contributed by atoms with van der Waals surface area (Å²) >= 11 is 2.13. The highest BCUT2D eigenvalue weighted by molar-refractivity contribution is 14.1. The molecule has 1 aliphatic rings. The first-order valence-electron chi connectivity index (χ1n) is 4.22. The van der Waals surface area contributed by atoms with E-state index in [1.807, 2.05) is 12.1 Å². The van der Waals surface area contributed by atoms with E-state index in [1.54, 1.807) is 6.07 Å². The summed E-state index contributed by atoms with van der Waals surface area (Å²) in [6.45, 7) is 0.308. The molecule has 14 heavy (non-hydrogen) atoms. The van der Waals surface area contributed by atoms with Crippen LogP contribution in [0.3, 0.4) is 0 Å². The van der Waals surface area contributed by atoms with Gasteiger partial charge in [0.15, 0.2) is 11.9 Å². The van der Waals surface area contributed by atoms with Crippen LogP contribution in [-0.4, -0.2) is 25.6 Å². The number of ether oxygens (including phenoxy) is 2. The lowest BCUT2D eigenvalue weighted by atomic mass is 10.0. The van der Waals surface area contributed by atoms with E-state index in [-0.39, 0.29) is 5.78 Å². The molecule has 3 nitrogen and oxygen atoms in total. The van der Waals surface area contributed by atoms with Crippen LogP contribution in [0.25, 0.3) is 0 Å². The van der Waals surface area contributed by atoms with Crippen molar-refractivity contribution in [3.8, 4) is 5.75 Å². The molecule has 0 fully saturated rings. The van der Waals surface area contributed by atoms with E-state index in [2.05, 4.69) is 22.6 Å². The lowest BCUT2D eigenvalue weighted by Gasteiger charge is -2.23. The zero-order valence-electron chi connectivity index (χ0n) is 7.62. The number of hydrogen-bond donors (Lipinski definition) is 0. The lowest BCUT2D eigenvalue weighted by Crippen LogP contribution is -2.34. The number of fused-ring (bicyclic) bond motifs is 1. The Bertz CT molecular complexity index is 376. The van der Waals surface area contributed by atoms with Crippen molar-refractivity contribution in [3.05, 3.63) is 27.3 Å². The van der Waals surface area contributed by atoms with Crippen LogP contribution in [0.4, 0.5) is 0 Å². The predicted molar refractivity (Wildman–Crippen MR) is 59.8 cm³/mol. The van der Waals surface area contributed by atoms with E-state index in [1.165, 1.54) is 7.11 Å². The second-order valence-corrected chi connectivity index (χ2v) is 4.17. The highest BCUT2D eigenvalue weighted by atomic mass is 127. The minimum Gasteiger partial charge on any atom is -0.490 e. The summed E-state index contributed by atoms with van der Waals surface area (Å²) in [5, 5.41) is 0. The van der Waals surface area contributed by atoms with Crippen molar-refractivity contribution in [1.82, 2.24) is 0 Å². The highest BCUT2D eigenvalue weighted by Gasteiger charge is 2.30. The molecule has 1 aromatic carbocycles. The summed E-state index contributed by atoms with van der Waals surface area (Å²) in [6, 6.07) is 5.57. The number of halogens is 1. The van der Waals surface area contributed by atoms with Crippen molar-refractivity contribution in [1.29, 1.82) is 0 Å². The van der Waals surface area contributed by atoms with Gasteiger partial charge in [-0.3, -0.25) is 4.79 Å². The molecule has 1 unspecified atom stereocenters. The molecule has 0 amide bonds. The smallest absolute Gasteiger partial charge is 0.199 e. The lowest BCUT2D eigenvalue weighted by molar-refractivity contribution is 0.0366. The minimum absolute atomic E-state index is 0.0127. The third-order valence-corrected chi connectivity index (χ3v) is 3.09. The van der Waals surface area contributed by atoms with E-state index in [0.717, 1.165) is 3.57 Å². The van der Waals surface area contributed by atoms with Gasteiger partial charge in [0, 0.05) is 10.7 Å². The maximum absolute atomic E-state index is 11.9. The number of hydrogen-bond acceptors (Lipinski definition) is 3. The maximum atomic E-state index is 11.9. The van der Waals surface area contributed by atoms with Gasteiger partial charge in [-0.1, -0.05) is 6.07 Å². The van der Waals surface area contributed by atoms with Crippen LogP contribution >= 0.6 is 22.6 Å². The Balaban J connectivity index is 2.48. The molecule has 0 spiro atoms. The Morgan fingerprint density at radius 1 is 1.57 bits per heavy atom. The first-order chi connectivity index (χ1) is 6.74. The molecule has 2 rings (SSSR count). The normalized spacial score (nSPS) is 20.1. The number of methoxy groups -OCH3 is 1. The molecule has 1 aliphatic heterocycles.